The van der Waals surface area contributed by atoms with Crippen molar-refractivity contribution in [3.8, 4) is 0 Å². The Balaban J connectivity index is 2.27. The normalized spacial score (nSPS) is 19.1. The molecule has 0 spiro atoms. The lowest BCUT2D eigenvalue weighted by molar-refractivity contribution is 0.445. The van der Waals surface area contributed by atoms with Crippen LogP contribution in [0.3, 0.4) is 0 Å². The van der Waals surface area contributed by atoms with E-state index in [1.54, 1.807) is 10.4 Å². The molecule has 2 rings (SSSR count). The number of hydrogen-bond donors (Lipinski definition) is 0. The van der Waals surface area contributed by atoms with E-state index in [4.69, 9.17) is 0 Å². The van der Waals surface area contributed by atoms with Gasteiger partial charge < -0.3 is 0 Å². The number of nitrogens with zero attached hydrogens (tertiary/aromatic N) is 1. The van der Waals surface area contributed by atoms with Crippen molar-refractivity contribution in [3.63, 3.8) is 0 Å². The second kappa shape index (κ2) is 5.15. The second-order valence-electron chi connectivity index (χ2n) is 5.39. The van der Waals surface area contributed by atoms with E-state index in [1.807, 2.05) is 17.8 Å². The van der Waals surface area contributed by atoms with Crippen molar-refractivity contribution in [1.82, 2.24) is 4.31 Å². The van der Waals surface area contributed by atoms with Gasteiger partial charge in [-0.3, -0.25) is 0 Å². The minimum Gasteiger partial charge on any atom is -0.206 e. The maximum atomic E-state index is 12.5. The summed E-state index contributed by atoms with van der Waals surface area (Å²) in [5, 5.41) is 0. The van der Waals surface area contributed by atoms with Crippen LogP contribution in [0, 0.1) is 0 Å². The van der Waals surface area contributed by atoms with Crippen molar-refractivity contribution < 1.29 is 8.42 Å². The van der Waals surface area contributed by atoms with Crippen LogP contribution in [0.25, 0.3) is 0 Å². The first-order valence-corrected chi connectivity index (χ1v) is 9.41. The lowest BCUT2D eigenvalue weighted by Gasteiger charge is -2.24. The summed E-state index contributed by atoms with van der Waals surface area (Å²) < 4.78 is 27.0. The third-order valence-electron chi connectivity index (χ3n) is 2.88. The summed E-state index contributed by atoms with van der Waals surface area (Å²) in [6.45, 7) is 7.58. The van der Waals surface area contributed by atoms with E-state index < -0.39 is 10.0 Å². The fourth-order valence-corrected chi connectivity index (χ4v) is 5.87. The van der Waals surface area contributed by atoms with Crippen LogP contribution in [0.5, 0.6) is 0 Å². The van der Waals surface area contributed by atoms with Crippen LogP contribution in [0.1, 0.15) is 25.6 Å². The molecule has 1 aliphatic heterocycles. The summed E-state index contributed by atoms with van der Waals surface area (Å²) in [6.07, 6.45) is 0. The standard InChI is InChI=1S/C12H19NO2S3/c1-12(2,3)10-4-5-11(17-10)18(14,15)13-6-8-16-9-7-13/h4-5H,6-9H2,1-3H3. The Morgan fingerprint density at radius 2 is 1.78 bits per heavy atom. The molecule has 1 saturated heterocycles. The van der Waals surface area contributed by atoms with Crippen molar-refractivity contribution >= 4 is 33.1 Å². The maximum absolute atomic E-state index is 12.5. The molecule has 3 nitrogen and oxygen atoms in total. The first kappa shape index (κ1) is 14.4. The van der Waals surface area contributed by atoms with Crippen LogP contribution < -0.4 is 0 Å². The van der Waals surface area contributed by atoms with Gasteiger partial charge in [0.1, 0.15) is 4.21 Å². The predicted molar refractivity (Wildman–Crippen MR) is 79.1 cm³/mol. The third kappa shape index (κ3) is 2.92. The van der Waals surface area contributed by atoms with Crippen LogP contribution in [-0.4, -0.2) is 37.3 Å². The van der Waals surface area contributed by atoms with Gasteiger partial charge in [0.15, 0.2) is 0 Å². The van der Waals surface area contributed by atoms with Gasteiger partial charge in [0.25, 0.3) is 10.0 Å². The first-order chi connectivity index (χ1) is 8.32. The topological polar surface area (TPSA) is 37.4 Å². The predicted octanol–water partition coefficient (Wildman–Crippen LogP) is 2.78. The summed E-state index contributed by atoms with van der Waals surface area (Å²) in [6, 6.07) is 3.69. The number of sulfonamides is 1. The molecule has 0 amide bonds. The number of rotatable bonds is 2. The van der Waals surface area contributed by atoms with Crippen LogP contribution in [-0.2, 0) is 15.4 Å². The number of thiophene rings is 1. The van der Waals surface area contributed by atoms with Crippen LogP contribution in [0.2, 0.25) is 0 Å². The lowest BCUT2D eigenvalue weighted by Crippen LogP contribution is -2.37. The molecule has 1 aromatic rings. The largest absolute Gasteiger partial charge is 0.252 e. The Kier molecular flexibility index (Phi) is 4.11. The molecule has 0 aliphatic carbocycles. The van der Waals surface area contributed by atoms with E-state index in [0.717, 1.165) is 16.4 Å². The summed E-state index contributed by atoms with van der Waals surface area (Å²) in [4.78, 5) is 1.12. The molecule has 1 fully saturated rings. The quantitative estimate of drug-likeness (QED) is 0.843. The molecule has 0 radical (unpaired) electrons. The highest BCUT2D eigenvalue weighted by Crippen LogP contribution is 2.33. The lowest BCUT2D eigenvalue weighted by atomic mass is 9.95. The minimum absolute atomic E-state index is 0.0101. The Bertz CT molecular complexity index is 508. The van der Waals surface area contributed by atoms with Gasteiger partial charge in [-0.1, -0.05) is 20.8 Å². The monoisotopic (exact) mass is 305 g/mol. The molecule has 2 heterocycles. The molecular formula is C12H19NO2S3. The smallest absolute Gasteiger partial charge is 0.206 e. The van der Waals surface area contributed by atoms with Gasteiger partial charge >= 0.3 is 0 Å². The average molecular weight is 305 g/mol. The van der Waals surface area contributed by atoms with Gasteiger partial charge in [-0.05, 0) is 17.5 Å². The van der Waals surface area contributed by atoms with E-state index in [-0.39, 0.29) is 5.41 Å². The summed E-state index contributed by atoms with van der Waals surface area (Å²) in [7, 11) is -3.26. The first-order valence-electron chi connectivity index (χ1n) is 6.00. The molecule has 0 bridgehead atoms. The van der Waals surface area contributed by atoms with Crippen LogP contribution in [0.4, 0.5) is 0 Å². The van der Waals surface area contributed by atoms with Crippen LogP contribution in [0.15, 0.2) is 16.3 Å². The molecule has 1 aliphatic rings. The highest BCUT2D eigenvalue weighted by atomic mass is 32.2. The van der Waals surface area contributed by atoms with Crippen LogP contribution >= 0.6 is 23.1 Å². The van der Waals surface area contributed by atoms with Gasteiger partial charge in [0.2, 0.25) is 0 Å². The van der Waals surface area contributed by atoms with Crippen molar-refractivity contribution in [2.24, 2.45) is 0 Å². The molecule has 0 N–H and O–H groups in total. The Labute approximate surface area is 118 Å². The molecular weight excluding hydrogens is 286 g/mol. The molecule has 0 atom stereocenters. The van der Waals surface area contributed by atoms with Crippen molar-refractivity contribution in [2.75, 3.05) is 24.6 Å². The van der Waals surface area contributed by atoms with Crippen molar-refractivity contribution in [1.29, 1.82) is 0 Å². The molecule has 1 aromatic heterocycles. The molecule has 102 valence electrons. The Morgan fingerprint density at radius 1 is 1.17 bits per heavy atom. The van der Waals surface area contributed by atoms with Crippen molar-refractivity contribution in [2.45, 2.75) is 30.4 Å². The maximum Gasteiger partial charge on any atom is 0.252 e. The Hall–Kier alpha value is -0.0400. The van der Waals surface area contributed by atoms with E-state index in [0.29, 0.717) is 17.3 Å². The summed E-state index contributed by atoms with van der Waals surface area (Å²) in [5.74, 6) is 1.80. The molecule has 0 saturated carbocycles. The van der Waals surface area contributed by atoms with Gasteiger partial charge in [0.05, 0.1) is 0 Å². The van der Waals surface area contributed by atoms with Crippen molar-refractivity contribution in [3.05, 3.63) is 17.0 Å². The number of thioether (sulfide) groups is 1. The van der Waals surface area contributed by atoms with Gasteiger partial charge in [-0.2, -0.15) is 16.1 Å². The van der Waals surface area contributed by atoms with Gasteiger partial charge in [0, 0.05) is 29.5 Å². The Morgan fingerprint density at radius 3 is 2.28 bits per heavy atom. The zero-order chi connectivity index (χ0) is 13.4. The van der Waals surface area contributed by atoms with E-state index in [9.17, 15) is 8.42 Å². The zero-order valence-corrected chi connectivity index (χ0v) is 13.4. The van der Waals surface area contributed by atoms with E-state index in [1.165, 1.54) is 11.3 Å². The minimum atomic E-state index is -3.26. The van der Waals surface area contributed by atoms with Gasteiger partial charge in [-0.15, -0.1) is 11.3 Å². The fraction of sp³-hybridized carbons (Fsp3) is 0.667. The fourth-order valence-electron chi connectivity index (χ4n) is 1.78. The zero-order valence-electron chi connectivity index (χ0n) is 11.0. The average Bonchev–Trinajstić information content (AvgIpc) is 2.79. The van der Waals surface area contributed by atoms with Gasteiger partial charge in [-0.25, -0.2) is 8.42 Å². The highest BCUT2D eigenvalue weighted by molar-refractivity contribution is 7.99. The molecule has 6 heteroatoms. The summed E-state index contributed by atoms with van der Waals surface area (Å²) in [5.41, 5.74) is 0.0101. The molecule has 0 aromatic carbocycles. The summed E-state index contributed by atoms with van der Waals surface area (Å²) >= 11 is 3.22. The SMILES string of the molecule is CC(C)(C)c1ccc(S(=O)(=O)N2CCSCC2)s1. The molecule has 18 heavy (non-hydrogen) atoms. The second-order valence-corrected chi connectivity index (χ2v) is 9.86. The highest BCUT2D eigenvalue weighted by Gasteiger charge is 2.28. The third-order valence-corrected chi connectivity index (χ3v) is 7.70. The van der Waals surface area contributed by atoms with E-state index in [2.05, 4.69) is 20.8 Å². The number of hydrogen-bond acceptors (Lipinski definition) is 4. The van der Waals surface area contributed by atoms with E-state index >= 15 is 0 Å². The molecule has 0 unspecified atom stereocenters.